The van der Waals surface area contributed by atoms with Gasteiger partial charge in [0.25, 0.3) is 0 Å². The Kier molecular flexibility index (Phi) is 49.0. The Hall–Kier alpha value is -7.13. The molecular formula is C68H131N19O13. The van der Waals surface area contributed by atoms with Gasteiger partial charge in [-0.15, -0.1) is 0 Å². The molecule has 0 spiro atoms. The zero-order valence-corrected chi connectivity index (χ0v) is 61.9. The maximum absolute atomic E-state index is 14.5. The number of unbranched alkanes of at least 4 members (excludes halogenated alkanes) is 6. The lowest BCUT2D eigenvalue weighted by Crippen LogP contribution is -2.60. The molecule has 0 saturated carbocycles. The molecule has 13 amide bonds. The number of primary amides is 1. The number of hydrogen-bond donors (Lipinski definition) is 19. The van der Waals surface area contributed by atoms with Crippen molar-refractivity contribution in [2.24, 2.45) is 63.8 Å². The lowest BCUT2D eigenvalue weighted by molar-refractivity contribution is -0.136. The van der Waals surface area contributed by atoms with Gasteiger partial charge in [0.2, 0.25) is 76.8 Å². The minimum atomic E-state index is -1.32. The largest absolute Gasteiger partial charge is 0.368 e. The van der Waals surface area contributed by atoms with E-state index in [1.165, 1.54) is 20.8 Å². The minimum Gasteiger partial charge on any atom is -0.368 e. The van der Waals surface area contributed by atoms with E-state index < -0.39 is 149 Å². The van der Waals surface area contributed by atoms with E-state index in [9.17, 15) is 62.3 Å². The Morgan fingerprint density at radius 2 is 0.400 bits per heavy atom. The molecule has 100 heavy (non-hydrogen) atoms. The maximum Gasteiger partial charge on any atom is 0.243 e. The fourth-order valence-electron chi connectivity index (χ4n) is 10.9. The number of carbonyl (C=O) groups excluding carboxylic acids is 13. The van der Waals surface area contributed by atoms with Gasteiger partial charge < -0.3 is 104 Å². The van der Waals surface area contributed by atoms with E-state index in [1.807, 2.05) is 55.4 Å². The number of carbonyl (C=O) groups is 13. The summed E-state index contributed by atoms with van der Waals surface area (Å²) in [6.07, 6.45) is 6.55. The smallest absolute Gasteiger partial charge is 0.243 e. The van der Waals surface area contributed by atoms with Crippen molar-refractivity contribution in [1.29, 1.82) is 0 Å². The first-order valence-electron chi connectivity index (χ1n) is 36.3. The van der Waals surface area contributed by atoms with Crippen LogP contribution in [-0.4, -0.2) is 189 Å². The highest BCUT2D eigenvalue weighted by molar-refractivity contribution is 5.99. The molecule has 0 fully saturated rings. The van der Waals surface area contributed by atoms with Crippen LogP contribution in [0.1, 0.15) is 217 Å². The molecule has 0 aromatic carbocycles. The molecule has 26 N–H and O–H groups in total. The molecular weight excluding hydrogens is 1290 g/mol. The van der Waals surface area contributed by atoms with Crippen LogP contribution >= 0.6 is 0 Å². The average molecular weight is 1420 g/mol. The van der Waals surface area contributed by atoms with Crippen molar-refractivity contribution in [2.75, 3.05) is 39.3 Å². The highest BCUT2D eigenvalue weighted by Crippen LogP contribution is 2.15. The van der Waals surface area contributed by atoms with Crippen LogP contribution in [0.2, 0.25) is 0 Å². The molecule has 0 aromatic heterocycles. The van der Waals surface area contributed by atoms with Gasteiger partial charge in [-0.3, -0.25) is 62.3 Å². The zero-order valence-electron chi connectivity index (χ0n) is 61.9. The summed E-state index contributed by atoms with van der Waals surface area (Å²) < 4.78 is 0. The summed E-state index contributed by atoms with van der Waals surface area (Å²) in [5.41, 5.74) is 40.5. The van der Waals surface area contributed by atoms with E-state index in [1.54, 1.807) is 0 Å². The number of nitrogens with one attached hydrogen (secondary N) is 12. The Labute approximate surface area is 593 Å². The predicted molar refractivity (Wildman–Crippen MR) is 385 cm³/mol. The third-order valence-corrected chi connectivity index (χ3v) is 16.4. The SMILES string of the molecule is CC(=O)N[C@@H](CC(C)C)C(=O)N[C@H](C)C(=O)N[C@@H](CCCCN)C(=O)N[C@@H](CCCCN)C(=O)N[C@@H](CCCCN)C(=O)N[C@H](C)C(=O)N[C@@H](CCCCN)C(=O)N[C@@H](CC(C)C)C(=O)N[C@@H](CC(C)C)C(=O)N[C@H](CCCCN)C(=O)N[C@@H](CCCCN)C(=O)N[C@@H](CC(C)C)C(N)=O. The highest BCUT2D eigenvalue weighted by atomic mass is 16.2. The Bertz CT molecular complexity index is 2510. The zero-order chi connectivity index (χ0) is 76.0. The Morgan fingerprint density at radius 3 is 0.610 bits per heavy atom. The molecule has 32 nitrogen and oxygen atoms in total. The van der Waals surface area contributed by atoms with Crippen LogP contribution in [0.25, 0.3) is 0 Å². The molecule has 0 radical (unpaired) electrons. The molecule has 0 aromatic rings. The van der Waals surface area contributed by atoms with Crippen LogP contribution in [0.4, 0.5) is 0 Å². The third-order valence-electron chi connectivity index (χ3n) is 16.4. The molecule has 32 heteroatoms. The second-order valence-electron chi connectivity index (χ2n) is 27.9. The van der Waals surface area contributed by atoms with Gasteiger partial charge in [-0.2, -0.15) is 0 Å². The van der Waals surface area contributed by atoms with Crippen LogP contribution < -0.4 is 104 Å². The lowest BCUT2D eigenvalue weighted by Gasteiger charge is -2.29. The first-order chi connectivity index (χ1) is 47.2. The van der Waals surface area contributed by atoms with Crippen LogP contribution in [-0.2, 0) is 62.3 Å². The standard InChI is InChI=1S/C68H131N19O13/c1-40(2)36-53(57(75)89)85-64(96)52(29-17-23-35-74)83-63(95)51(28-16-22-34-73)84-67(99)55(38-42(5)6)87-68(100)56(39-43(7)8)86-65(97)49(26-14-20-32-71)80-58(90)44(9)76-60(92)47(24-12-18-30-69)81-62(94)50(27-15-21-33-72)82-61(93)48(25-13-19-31-70)79-59(91)45(10)77-66(98)54(37-41(3)4)78-46(11)88/h40-45,47-56H,12-39,69-74H2,1-11H3,(H2,75,89)(H,76,92)(H,77,98)(H,78,88)(H,79,91)(H,80,90)(H,81,94)(H,82,93)(H,83,95)(H,84,99)(H,85,96)(H,86,97)(H,87,100)/t44-,45-,47+,48+,49+,50+,51-,52+,53+,54+,55+,56+/m1/s1. The van der Waals surface area contributed by atoms with Gasteiger partial charge in [-0.1, -0.05) is 55.4 Å². The second-order valence-corrected chi connectivity index (χ2v) is 27.9. The summed E-state index contributed by atoms with van der Waals surface area (Å²) in [6.45, 7) is 20.6. The van der Waals surface area contributed by atoms with E-state index in [2.05, 4.69) is 63.8 Å². The molecule has 0 bridgehead atoms. The normalized spacial score (nSPS) is 15.0. The van der Waals surface area contributed by atoms with Gasteiger partial charge in [0, 0.05) is 6.92 Å². The summed E-state index contributed by atoms with van der Waals surface area (Å²) in [5.74, 6) is -9.41. The first-order valence-corrected chi connectivity index (χ1v) is 36.3. The molecule has 12 atom stereocenters. The number of hydrogen-bond acceptors (Lipinski definition) is 19. The van der Waals surface area contributed by atoms with Crippen molar-refractivity contribution in [1.82, 2.24) is 63.8 Å². The van der Waals surface area contributed by atoms with Crippen molar-refractivity contribution < 1.29 is 62.3 Å². The molecule has 0 saturated heterocycles. The van der Waals surface area contributed by atoms with E-state index in [-0.39, 0.29) is 101 Å². The predicted octanol–water partition coefficient (Wildman–Crippen LogP) is -1.69. The fourth-order valence-corrected chi connectivity index (χ4v) is 10.9. The van der Waals surface area contributed by atoms with Gasteiger partial charge in [0.05, 0.1) is 0 Å². The van der Waals surface area contributed by atoms with Gasteiger partial charge in [0.1, 0.15) is 72.5 Å². The topological polar surface area (TPSA) is 548 Å². The first kappa shape index (κ1) is 92.9. The molecule has 0 aliphatic rings. The average Bonchev–Trinajstić information content (AvgIpc) is 0.866. The number of rotatable bonds is 56. The molecule has 0 unspecified atom stereocenters. The van der Waals surface area contributed by atoms with E-state index in [0.29, 0.717) is 103 Å². The number of nitrogens with two attached hydrogens (primary N) is 7. The van der Waals surface area contributed by atoms with Crippen LogP contribution in [0.5, 0.6) is 0 Å². The van der Waals surface area contributed by atoms with E-state index in [0.717, 1.165) is 0 Å². The van der Waals surface area contributed by atoms with E-state index in [4.69, 9.17) is 40.1 Å². The quantitative estimate of drug-likeness (QED) is 0.0302. The van der Waals surface area contributed by atoms with Crippen LogP contribution in [0.15, 0.2) is 0 Å². The lowest BCUT2D eigenvalue weighted by atomic mass is 9.98. The maximum atomic E-state index is 14.5. The monoisotopic (exact) mass is 1420 g/mol. The van der Waals surface area contributed by atoms with Crippen molar-refractivity contribution in [3.05, 3.63) is 0 Å². The van der Waals surface area contributed by atoms with Crippen molar-refractivity contribution in [2.45, 2.75) is 290 Å². The molecule has 0 aliphatic carbocycles. The Morgan fingerprint density at radius 1 is 0.230 bits per heavy atom. The molecule has 576 valence electrons. The number of amides is 13. The van der Waals surface area contributed by atoms with Crippen molar-refractivity contribution >= 4 is 76.8 Å². The Balaban J connectivity index is 6.91. The summed E-state index contributed by atoms with van der Waals surface area (Å²) in [4.78, 5) is 179. The highest BCUT2D eigenvalue weighted by Gasteiger charge is 2.37. The summed E-state index contributed by atoms with van der Waals surface area (Å²) in [5, 5.41) is 32.6. The third kappa shape index (κ3) is 40.3. The summed E-state index contributed by atoms with van der Waals surface area (Å²) in [6, 6.07) is -14.2. The van der Waals surface area contributed by atoms with E-state index >= 15 is 0 Å². The van der Waals surface area contributed by atoms with Crippen molar-refractivity contribution in [3.63, 3.8) is 0 Å². The van der Waals surface area contributed by atoms with Gasteiger partial charge in [-0.05, 0) is 218 Å². The minimum absolute atomic E-state index is 0.00288. The van der Waals surface area contributed by atoms with Gasteiger partial charge >= 0.3 is 0 Å². The molecule has 0 aliphatic heterocycles. The van der Waals surface area contributed by atoms with Gasteiger partial charge in [-0.25, -0.2) is 0 Å². The summed E-state index contributed by atoms with van der Waals surface area (Å²) >= 11 is 0. The summed E-state index contributed by atoms with van der Waals surface area (Å²) in [7, 11) is 0. The van der Waals surface area contributed by atoms with Gasteiger partial charge in [0.15, 0.2) is 0 Å². The van der Waals surface area contributed by atoms with Crippen LogP contribution in [0, 0.1) is 23.7 Å². The second kappa shape index (κ2) is 52.8. The van der Waals surface area contributed by atoms with Crippen molar-refractivity contribution in [3.8, 4) is 0 Å². The van der Waals surface area contributed by atoms with Crippen LogP contribution in [0.3, 0.4) is 0 Å². The fraction of sp³-hybridized carbons (Fsp3) is 0.809. The molecule has 0 heterocycles. The molecule has 0 rings (SSSR count).